The van der Waals surface area contributed by atoms with Gasteiger partial charge in [0.25, 0.3) is 0 Å². The maximum Gasteiger partial charge on any atom is 0.136 e. The lowest BCUT2D eigenvalue weighted by molar-refractivity contribution is 0.668. The average Bonchev–Trinajstić information content (AvgIpc) is 0.768. The molecule has 0 bridgehead atoms. The fourth-order valence-electron chi connectivity index (χ4n) is 12.5. The summed E-state index contributed by atoms with van der Waals surface area (Å²) in [5.41, 5.74) is 8.49. The van der Waals surface area contributed by atoms with Crippen molar-refractivity contribution >= 4 is 87.0 Å². The number of hydrogen-bond donors (Lipinski definition) is 0. The zero-order valence-corrected chi connectivity index (χ0v) is 47.1. The monoisotopic (exact) mass is 1170 g/mol. The van der Waals surface area contributed by atoms with Gasteiger partial charge >= 0.3 is 0 Å². The predicted molar refractivity (Wildman–Crippen MR) is 381 cm³/mol. The molecular formula is C88H56O2. The van der Waals surface area contributed by atoms with Crippen LogP contribution in [-0.2, 0) is 0 Å². The molecule has 2 nitrogen and oxygen atoms in total. The van der Waals surface area contributed by atoms with Gasteiger partial charge in [0.05, 0.1) is 35.6 Å². The Morgan fingerprint density at radius 3 is 1.07 bits per heavy atom. The molecule has 0 aliphatic rings. The van der Waals surface area contributed by atoms with E-state index in [2.05, 4.69) is 6.07 Å². The molecule has 0 amide bonds. The standard InChI is InChI=1S/2C44H28O/c1-3-13-29(14-4-1)30-23-25-32(26-24-30)42-38(27-28-40-44(42)37-21-11-12-22-39(37)45-40)43-35-19-9-7-17-33(35)41(31-15-5-2-6-16-31)34-18-8-10-20-36(34)43;1-3-12-29(13-4-1)31-16-11-17-32(26-31)33-22-24-41-39(27-33)40-28-34(23-25-42(40)45-41)44-37-20-9-7-18-35(37)43(30-14-5-2-6-15-30)36-19-8-10-21-38(36)44/h2*1-28H/i2D,5D,6D,7D,8D,9D,10D,15D,16D,17D,18D,19D,20D;2D,5D,6D,7D,8D,9D,10D,14D,15D,18D,19D,20D,21D. The van der Waals surface area contributed by atoms with Crippen LogP contribution in [0.1, 0.15) is 35.6 Å². The summed E-state index contributed by atoms with van der Waals surface area (Å²) in [5.74, 6) is 0. The average molecular weight is 1170 g/mol. The van der Waals surface area contributed by atoms with E-state index in [1.165, 1.54) is 0 Å². The van der Waals surface area contributed by atoms with Crippen molar-refractivity contribution in [3.05, 3.63) is 339 Å². The maximum absolute atomic E-state index is 9.46. The molecule has 0 aliphatic carbocycles. The highest BCUT2D eigenvalue weighted by molar-refractivity contribution is 6.26. The van der Waals surface area contributed by atoms with E-state index in [1.807, 2.05) is 146 Å². The number of hydrogen-bond acceptors (Lipinski definition) is 2. The second-order valence-corrected chi connectivity index (χ2v) is 21.4. The lowest BCUT2D eigenvalue weighted by atomic mass is 9.82. The van der Waals surface area contributed by atoms with Gasteiger partial charge in [-0.15, -0.1) is 0 Å². The minimum atomic E-state index is -0.721. The van der Waals surface area contributed by atoms with E-state index >= 15 is 0 Å². The first-order chi connectivity index (χ1) is 55.4. The molecule has 0 aliphatic heterocycles. The molecule has 90 heavy (non-hydrogen) atoms. The lowest BCUT2D eigenvalue weighted by Gasteiger charge is -2.20. The van der Waals surface area contributed by atoms with E-state index in [0.717, 1.165) is 44.2 Å². The Kier molecular flexibility index (Phi) is 7.93. The smallest absolute Gasteiger partial charge is 0.136 e. The molecule has 18 rings (SSSR count). The van der Waals surface area contributed by atoms with Crippen molar-refractivity contribution in [2.75, 3.05) is 0 Å². The molecule has 2 heteroatoms. The third kappa shape index (κ3) is 9.04. The van der Waals surface area contributed by atoms with Crippen LogP contribution in [0.5, 0.6) is 0 Å². The van der Waals surface area contributed by atoms with E-state index in [4.69, 9.17) is 33.5 Å². The van der Waals surface area contributed by atoms with Gasteiger partial charge in [-0.2, -0.15) is 0 Å². The summed E-state index contributed by atoms with van der Waals surface area (Å²) in [6.07, 6.45) is 0. The van der Waals surface area contributed by atoms with Gasteiger partial charge in [0, 0.05) is 27.1 Å². The van der Waals surface area contributed by atoms with Crippen LogP contribution in [0.2, 0.25) is 0 Å². The van der Waals surface area contributed by atoms with Crippen LogP contribution < -0.4 is 0 Å². The second kappa shape index (κ2) is 22.1. The minimum absolute atomic E-state index is 0.0504. The number of fused-ring (bicyclic) bond motifs is 10. The predicted octanol–water partition coefficient (Wildman–Crippen LogP) is 25.1. The van der Waals surface area contributed by atoms with Crippen molar-refractivity contribution in [3.63, 3.8) is 0 Å². The third-order valence-electron chi connectivity index (χ3n) is 16.4. The van der Waals surface area contributed by atoms with Crippen molar-refractivity contribution in [1.29, 1.82) is 0 Å². The molecular weight excluding hydrogens is 1090 g/mol. The van der Waals surface area contributed by atoms with E-state index in [0.29, 0.717) is 55.4 Å². The van der Waals surface area contributed by atoms with Crippen molar-refractivity contribution in [3.8, 4) is 89.0 Å². The van der Waals surface area contributed by atoms with Gasteiger partial charge in [0.15, 0.2) is 0 Å². The Morgan fingerprint density at radius 2 is 0.533 bits per heavy atom. The number of rotatable bonds is 8. The SMILES string of the molecule is [2H]c1c([2H])c([2H])c(-c2c3c([2H])c([2H])c([2H])c([2H])c3c(-c3ccc4oc5ccc(-c6cccc(-c7ccccc7)c6)cc5c4c3)c3c([2H])c([2H])c([2H])c([2H])c23)c([2H])c1[2H].[2H]c1c([2H])c([2H])c(-c2c3c([2H])c([2H])c([2H])c([2H])c3c(-c3ccc4oc5ccccc5c4c3-c3ccc(-c4ccccc4)cc3)c3c([2H])c([2H])c([2H])c([2H])c23)c([2H])c1[2H]. The van der Waals surface area contributed by atoms with Crippen LogP contribution in [0.15, 0.2) is 348 Å². The first-order valence-corrected chi connectivity index (χ1v) is 28.7. The third-order valence-corrected chi connectivity index (χ3v) is 16.4. The van der Waals surface area contributed by atoms with E-state index in [9.17, 15) is 11.0 Å². The Labute approximate surface area is 558 Å². The van der Waals surface area contributed by atoms with Gasteiger partial charge in [-0.25, -0.2) is 0 Å². The summed E-state index contributed by atoms with van der Waals surface area (Å²) < 4.78 is 244. The van der Waals surface area contributed by atoms with Gasteiger partial charge in [-0.3, -0.25) is 0 Å². The molecule has 0 saturated heterocycles. The highest BCUT2D eigenvalue weighted by Crippen LogP contribution is 2.50. The lowest BCUT2D eigenvalue weighted by Crippen LogP contribution is -1.93. The fraction of sp³-hybridized carbons (Fsp3) is 0. The van der Waals surface area contributed by atoms with Gasteiger partial charge in [0.2, 0.25) is 0 Å². The Bertz CT molecular complexity index is 7170. The fourth-order valence-corrected chi connectivity index (χ4v) is 12.5. The van der Waals surface area contributed by atoms with Gasteiger partial charge in [0.1, 0.15) is 22.3 Å². The van der Waals surface area contributed by atoms with Crippen LogP contribution in [0.4, 0.5) is 0 Å². The van der Waals surface area contributed by atoms with Crippen molar-refractivity contribution < 1.29 is 44.5 Å². The van der Waals surface area contributed by atoms with Crippen molar-refractivity contribution in [2.45, 2.75) is 0 Å². The van der Waals surface area contributed by atoms with Crippen LogP contribution >= 0.6 is 0 Å². The zero-order chi connectivity index (χ0) is 82.1. The summed E-state index contributed by atoms with van der Waals surface area (Å²) >= 11 is 0. The molecule has 0 unspecified atom stereocenters. The quantitative estimate of drug-likeness (QED) is 0.142. The van der Waals surface area contributed by atoms with Gasteiger partial charge < -0.3 is 8.83 Å². The van der Waals surface area contributed by atoms with E-state index < -0.39 is 168 Å². The largest absolute Gasteiger partial charge is 0.456 e. The zero-order valence-electron chi connectivity index (χ0n) is 73.1. The Hall–Kier alpha value is -11.8. The van der Waals surface area contributed by atoms with Gasteiger partial charge in [-0.1, -0.05) is 291 Å². The number of benzene rings is 16. The molecule has 420 valence electrons. The topological polar surface area (TPSA) is 26.3 Å². The Balaban J connectivity index is 0.000000167. The van der Waals surface area contributed by atoms with Crippen LogP contribution in [0.3, 0.4) is 0 Å². The van der Waals surface area contributed by atoms with Gasteiger partial charge in [-0.05, 0) is 175 Å². The highest BCUT2D eigenvalue weighted by Gasteiger charge is 2.24. The molecule has 0 radical (unpaired) electrons. The summed E-state index contributed by atoms with van der Waals surface area (Å²) in [5, 5.41) is 1.11. The summed E-state index contributed by atoms with van der Waals surface area (Å²) in [6, 6.07) is 40.5. The molecule has 0 atom stereocenters. The molecule has 0 saturated carbocycles. The molecule has 0 spiro atoms. The summed E-state index contributed by atoms with van der Waals surface area (Å²) in [4.78, 5) is 0. The number of furan rings is 2. The van der Waals surface area contributed by atoms with E-state index in [1.54, 1.807) is 30.3 Å². The Morgan fingerprint density at radius 1 is 0.189 bits per heavy atom. The molecule has 2 heterocycles. The number of para-hydroxylation sites is 1. The first kappa shape index (κ1) is 32.2. The molecule has 0 fully saturated rings. The normalized spacial score (nSPS) is 15.6. The summed E-state index contributed by atoms with van der Waals surface area (Å²) in [6.45, 7) is 0. The highest BCUT2D eigenvalue weighted by atomic mass is 16.3. The van der Waals surface area contributed by atoms with Crippen LogP contribution in [-0.4, -0.2) is 0 Å². The molecule has 16 aromatic carbocycles. The van der Waals surface area contributed by atoms with Crippen LogP contribution in [0, 0.1) is 0 Å². The van der Waals surface area contributed by atoms with Crippen molar-refractivity contribution in [2.24, 2.45) is 0 Å². The van der Waals surface area contributed by atoms with E-state index in [-0.39, 0.29) is 65.3 Å². The first-order valence-electron chi connectivity index (χ1n) is 41.7. The molecule has 0 N–H and O–H groups in total. The van der Waals surface area contributed by atoms with Crippen molar-refractivity contribution in [1.82, 2.24) is 0 Å². The molecule has 2 aromatic heterocycles. The second-order valence-electron chi connectivity index (χ2n) is 21.4. The maximum atomic E-state index is 9.46. The summed E-state index contributed by atoms with van der Waals surface area (Å²) in [7, 11) is 0. The molecule has 18 aromatic rings. The minimum Gasteiger partial charge on any atom is -0.456 e. The van der Waals surface area contributed by atoms with Crippen LogP contribution in [0.25, 0.3) is 176 Å².